The lowest BCUT2D eigenvalue weighted by molar-refractivity contribution is 0.0489. The molecule has 0 bridgehead atoms. The Bertz CT molecular complexity index is 613. The highest BCUT2D eigenvalue weighted by atomic mass is 32.1. The summed E-state index contributed by atoms with van der Waals surface area (Å²) in [4.78, 5) is 0. The van der Waals surface area contributed by atoms with Gasteiger partial charge in [0.05, 0.1) is 6.10 Å². The minimum atomic E-state index is -0.257. The Balaban J connectivity index is 1.74. The highest BCUT2D eigenvalue weighted by Crippen LogP contribution is 2.62. The molecule has 1 aromatic carbocycles. The van der Waals surface area contributed by atoms with Crippen LogP contribution in [0.2, 0.25) is 0 Å². The molecule has 0 radical (unpaired) electrons. The Morgan fingerprint density at radius 1 is 1.32 bits per heavy atom. The molecule has 3 aliphatic carbocycles. The second-order valence-corrected chi connectivity index (χ2v) is 8.17. The third-order valence-electron chi connectivity index (χ3n) is 6.77. The van der Waals surface area contributed by atoms with Crippen LogP contribution >= 0.6 is 12.2 Å². The van der Waals surface area contributed by atoms with E-state index in [4.69, 9.17) is 12.2 Å². The summed E-state index contributed by atoms with van der Waals surface area (Å²) in [5, 5.41) is 22.1. The minimum Gasteiger partial charge on any atom is -0.508 e. The van der Waals surface area contributed by atoms with Gasteiger partial charge < -0.3 is 10.2 Å². The van der Waals surface area contributed by atoms with Crippen LogP contribution in [-0.4, -0.2) is 21.7 Å². The molecule has 3 heteroatoms. The normalized spacial score (nSPS) is 43.1. The fourth-order valence-corrected chi connectivity index (χ4v) is 6.26. The number of phenols is 1. The van der Waals surface area contributed by atoms with Gasteiger partial charge in [0.15, 0.2) is 0 Å². The number of rotatable bonds is 1. The number of phenolic OH excluding ortho intramolecular Hbond substituents is 1. The highest BCUT2D eigenvalue weighted by Gasteiger charge is 2.56. The number of fused-ring (bicyclic) bond motifs is 5. The summed E-state index contributed by atoms with van der Waals surface area (Å²) in [7, 11) is 0. The van der Waals surface area contributed by atoms with Crippen molar-refractivity contribution in [1.29, 1.82) is 0 Å². The maximum absolute atomic E-state index is 10.5. The number of aromatic hydroxyl groups is 1. The van der Waals surface area contributed by atoms with Crippen LogP contribution in [0.15, 0.2) is 18.2 Å². The van der Waals surface area contributed by atoms with Gasteiger partial charge in [-0.15, -0.1) is 0 Å². The molecule has 0 aromatic heterocycles. The fourth-order valence-electron chi connectivity index (χ4n) is 5.91. The number of hydrogen-bond acceptors (Lipinski definition) is 3. The van der Waals surface area contributed by atoms with E-state index in [1.807, 2.05) is 17.5 Å². The van der Waals surface area contributed by atoms with Crippen LogP contribution in [0.25, 0.3) is 0 Å². The summed E-state index contributed by atoms with van der Waals surface area (Å²) >= 11 is 5.28. The summed E-state index contributed by atoms with van der Waals surface area (Å²) in [6.07, 6.45) is 5.22. The molecule has 3 aliphatic rings. The average molecular weight is 316 g/mol. The molecule has 2 N–H and O–H groups in total. The van der Waals surface area contributed by atoms with E-state index in [1.54, 1.807) is 0 Å². The van der Waals surface area contributed by atoms with Gasteiger partial charge in [-0.25, -0.2) is 0 Å². The van der Waals surface area contributed by atoms with Gasteiger partial charge in [0.25, 0.3) is 0 Å². The third-order valence-corrected chi connectivity index (χ3v) is 7.09. The van der Waals surface area contributed by atoms with Gasteiger partial charge in [0.2, 0.25) is 0 Å². The fraction of sp³-hybridized carbons (Fsp3) is 0.632. The minimum absolute atomic E-state index is 0.173. The van der Waals surface area contributed by atoms with Crippen LogP contribution in [0.1, 0.15) is 49.7 Å². The summed E-state index contributed by atoms with van der Waals surface area (Å²) in [6.45, 7) is 2.36. The Morgan fingerprint density at radius 3 is 2.91 bits per heavy atom. The van der Waals surface area contributed by atoms with E-state index in [0.29, 0.717) is 23.5 Å². The Hall–Kier alpha value is -0.930. The highest BCUT2D eigenvalue weighted by molar-refractivity contribution is 7.79. The first-order valence-corrected chi connectivity index (χ1v) is 8.96. The SMILES string of the molecule is C[C@]12CC[C@@H]3c4ccc(O)cc4CC[C@H]3[C@@H]1[C@@H](C=S)[C@@H](O)C2. The van der Waals surface area contributed by atoms with Gasteiger partial charge >= 0.3 is 0 Å². The summed E-state index contributed by atoms with van der Waals surface area (Å²) in [6, 6.07) is 5.90. The molecule has 0 unspecified atom stereocenters. The van der Waals surface area contributed by atoms with Crippen molar-refractivity contribution in [3.05, 3.63) is 29.3 Å². The maximum Gasteiger partial charge on any atom is 0.115 e. The number of aryl methyl sites for hydroxylation is 1. The number of hydrogen-bond donors (Lipinski definition) is 2. The molecular formula is C19H24O2S. The molecule has 2 fully saturated rings. The molecule has 0 saturated heterocycles. The number of aliphatic hydroxyl groups excluding tert-OH is 1. The first kappa shape index (κ1) is 14.6. The van der Waals surface area contributed by atoms with Crippen molar-refractivity contribution in [2.45, 2.75) is 51.0 Å². The monoisotopic (exact) mass is 316 g/mol. The summed E-state index contributed by atoms with van der Waals surface area (Å²) < 4.78 is 0. The quantitative estimate of drug-likeness (QED) is 0.774. The predicted molar refractivity (Wildman–Crippen MR) is 91.3 cm³/mol. The molecule has 118 valence electrons. The Labute approximate surface area is 137 Å². The first-order chi connectivity index (χ1) is 10.5. The van der Waals surface area contributed by atoms with Crippen LogP contribution in [0.5, 0.6) is 5.75 Å². The largest absolute Gasteiger partial charge is 0.508 e. The predicted octanol–water partition coefficient (Wildman–Crippen LogP) is 3.84. The molecule has 6 atom stereocenters. The van der Waals surface area contributed by atoms with E-state index in [2.05, 4.69) is 13.0 Å². The van der Waals surface area contributed by atoms with Crippen molar-refractivity contribution in [2.75, 3.05) is 0 Å². The van der Waals surface area contributed by atoms with E-state index in [-0.39, 0.29) is 17.4 Å². The zero-order valence-electron chi connectivity index (χ0n) is 13.0. The Kier molecular flexibility index (Phi) is 3.35. The number of thiocarbonyl (C=S) groups is 1. The van der Waals surface area contributed by atoms with Crippen LogP contribution in [0.3, 0.4) is 0 Å². The van der Waals surface area contributed by atoms with Crippen LogP contribution in [0, 0.1) is 23.2 Å². The van der Waals surface area contributed by atoms with Gasteiger partial charge in [-0.2, -0.15) is 0 Å². The van der Waals surface area contributed by atoms with Crippen LogP contribution in [-0.2, 0) is 6.42 Å². The summed E-state index contributed by atoms with van der Waals surface area (Å²) in [5.41, 5.74) is 3.00. The van der Waals surface area contributed by atoms with Crippen molar-refractivity contribution in [3.8, 4) is 5.75 Å². The first-order valence-electron chi connectivity index (χ1n) is 8.48. The van der Waals surface area contributed by atoms with E-state index in [9.17, 15) is 10.2 Å². The van der Waals surface area contributed by atoms with Gasteiger partial charge in [-0.05, 0) is 83.9 Å². The molecule has 4 rings (SSSR count). The molecule has 0 amide bonds. The molecule has 0 spiro atoms. The van der Waals surface area contributed by atoms with E-state index in [0.717, 1.165) is 19.3 Å². The van der Waals surface area contributed by atoms with Gasteiger partial charge in [-0.1, -0.05) is 25.2 Å². The lowest BCUT2D eigenvalue weighted by atomic mass is 9.54. The topological polar surface area (TPSA) is 40.5 Å². The maximum atomic E-state index is 10.5. The summed E-state index contributed by atoms with van der Waals surface area (Å²) in [5.74, 6) is 2.26. The molecular weight excluding hydrogens is 292 g/mol. The molecule has 0 heterocycles. The number of aliphatic hydroxyl groups is 1. The zero-order valence-corrected chi connectivity index (χ0v) is 13.9. The zero-order chi connectivity index (χ0) is 15.5. The van der Waals surface area contributed by atoms with Crippen LogP contribution in [0.4, 0.5) is 0 Å². The lowest BCUT2D eigenvalue weighted by Crippen LogP contribution is -2.42. The van der Waals surface area contributed by atoms with Crippen molar-refractivity contribution >= 4 is 17.6 Å². The Morgan fingerprint density at radius 2 is 2.14 bits per heavy atom. The smallest absolute Gasteiger partial charge is 0.115 e. The van der Waals surface area contributed by atoms with E-state index in [1.165, 1.54) is 24.0 Å². The standard InChI is InChI=1S/C19H24O2S/c1-19-7-6-14-13-5-3-12(20)8-11(13)2-4-15(14)18(19)16(10-22)17(21)9-19/h3,5,8,10,14-18,20-21H,2,4,6-7,9H2,1H3/t14-,15-,16+,17+,18-,19-/m1/s1. The molecule has 1 aromatic rings. The van der Waals surface area contributed by atoms with Crippen molar-refractivity contribution in [1.82, 2.24) is 0 Å². The second-order valence-electron chi connectivity index (χ2n) is 7.90. The van der Waals surface area contributed by atoms with Crippen LogP contribution < -0.4 is 0 Å². The van der Waals surface area contributed by atoms with Crippen molar-refractivity contribution < 1.29 is 10.2 Å². The molecule has 0 aliphatic heterocycles. The molecule has 22 heavy (non-hydrogen) atoms. The van der Waals surface area contributed by atoms with Crippen molar-refractivity contribution in [2.24, 2.45) is 23.2 Å². The average Bonchev–Trinajstić information content (AvgIpc) is 2.76. The van der Waals surface area contributed by atoms with Gasteiger partial charge in [0.1, 0.15) is 5.75 Å². The third kappa shape index (κ3) is 1.98. The molecule has 2 saturated carbocycles. The van der Waals surface area contributed by atoms with Gasteiger partial charge in [0, 0.05) is 5.92 Å². The number of benzene rings is 1. The second kappa shape index (κ2) is 5.04. The van der Waals surface area contributed by atoms with E-state index < -0.39 is 0 Å². The van der Waals surface area contributed by atoms with E-state index >= 15 is 0 Å². The molecule has 2 nitrogen and oxygen atoms in total. The lowest BCUT2D eigenvalue weighted by Gasteiger charge is -2.50. The van der Waals surface area contributed by atoms with Crippen molar-refractivity contribution in [3.63, 3.8) is 0 Å². The van der Waals surface area contributed by atoms with Gasteiger partial charge in [-0.3, -0.25) is 0 Å².